The summed E-state index contributed by atoms with van der Waals surface area (Å²) in [4.78, 5) is 27.0. The summed E-state index contributed by atoms with van der Waals surface area (Å²) in [6, 6.07) is 4.99. The number of halogens is 1. The number of hydrogen-bond donors (Lipinski definition) is 0. The van der Waals surface area contributed by atoms with Gasteiger partial charge in [0.05, 0.1) is 11.5 Å². The number of benzene rings is 1. The van der Waals surface area contributed by atoms with Crippen molar-refractivity contribution in [3.63, 3.8) is 0 Å². The van der Waals surface area contributed by atoms with E-state index < -0.39 is 10.5 Å². The van der Waals surface area contributed by atoms with Crippen molar-refractivity contribution in [1.82, 2.24) is 4.90 Å². The Balaban J connectivity index is 2.04. The van der Waals surface area contributed by atoms with Crippen molar-refractivity contribution in [2.75, 3.05) is 37.5 Å². The minimum atomic E-state index is -0.525. The van der Waals surface area contributed by atoms with Gasteiger partial charge >= 0.3 is 6.09 Å². The Labute approximate surface area is 183 Å². The lowest BCUT2D eigenvalue weighted by Gasteiger charge is -2.38. The molecule has 0 N–H and O–H groups in total. The number of anilines is 1. The summed E-state index contributed by atoms with van der Waals surface area (Å²) in [6.45, 7) is 7.85. The van der Waals surface area contributed by atoms with Crippen LogP contribution in [0.3, 0.4) is 0 Å². The number of nitro benzene ring substituents is 1. The zero-order valence-corrected chi connectivity index (χ0v) is 19.0. The number of carbonyl (C=O) groups excluding carboxylic acids is 1. The number of rotatable bonds is 8. The molecule has 0 aromatic heterocycles. The second-order valence-electron chi connectivity index (χ2n) is 8.47. The summed E-state index contributed by atoms with van der Waals surface area (Å²) in [5.41, 5.74) is 1.25. The Morgan fingerprint density at radius 1 is 1.33 bits per heavy atom. The van der Waals surface area contributed by atoms with Crippen molar-refractivity contribution in [3.8, 4) is 0 Å². The highest BCUT2D eigenvalue weighted by molar-refractivity contribution is 6.17. The molecule has 0 radical (unpaired) electrons. The van der Waals surface area contributed by atoms with Gasteiger partial charge in [0, 0.05) is 62.0 Å². The van der Waals surface area contributed by atoms with Gasteiger partial charge in [0.2, 0.25) is 0 Å². The summed E-state index contributed by atoms with van der Waals surface area (Å²) in [5.74, 6) is 0.514. The van der Waals surface area contributed by atoms with Crippen LogP contribution < -0.4 is 4.90 Å². The minimum absolute atomic E-state index is 0.0502. The summed E-state index contributed by atoms with van der Waals surface area (Å²) in [7, 11) is 1.77. The zero-order valence-electron chi connectivity index (χ0n) is 18.2. The van der Waals surface area contributed by atoms with Crippen molar-refractivity contribution >= 4 is 29.1 Å². The van der Waals surface area contributed by atoms with E-state index in [1.165, 1.54) is 6.07 Å². The topological polar surface area (TPSA) is 85.2 Å². The van der Waals surface area contributed by atoms with E-state index in [4.69, 9.17) is 21.1 Å². The van der Waals surface area contributed by atoms with E-state index in [0.717, 1.165) is 43.6 Å². The normalized spacial score (nSPS) is 15.2. The largest absolute Gasteiger partial charge is 0.444 e. The Morgan fingerprint density at radius 2 is 2.00 bits per heavy atom. The summed E-state index contributed by atoms with van der Waals surface area (Å²) in [5, 5.41) is 11.2. The monoisotopic (exact) mass is 441 g/mol. The first kappa shape index (κ1) is 24.2. The predicted octanol–water partition coefficient (Wildman–Crippen LogP) is 4.58. The van der Waals surface area contributed by atoms with Gasteiger partial charge < -0.3 is 19.3 Å². The number of piperidine rings is 1. The van der Waals surface area contributed by atoms with Crippen molar-refractivity contribution < 1.29 is 19.2 Å². The van der Waals surface area contributed by atoms with Gasteiger partial charge in [-0.25, -0.2) is 4.79 Å². The highest BCUT2D eigenvalue weighted by Gasteiger charge is 2.29. The number of ether oxygens (including phenoxy) is 2. The number of nitrogens with zero attached hydrogens (tertiary/aromatic N) is 3. The molecular formula is C21H32ClN3O5. The average Bonchev–Trinajstić information content (AvgIpc) is 2.69. The third-order valence-corrected chi connectivity index (χ3v) is 5.26. The Morgan fingerprint density at radius 3 is 2.57 bits per heavy atom. The predicted molar refractivity (Wildman–Crippen MR) is 117 cm³/mol. The molecule has 2 rings (SSSR count). The van der Waals surface area contributed by atoms with Crippen LogP contribution in [-0.4, -0.2) is 60.2 Å². The van der Waals surface area contributed by atoms with Crippen LogP contribution in [0.5, 0.6) is 0 Å². The zero-order chi connectivity index (χ0) is 22.3. The highest BCUT2D eigenvalue weighted by atomic mass is 35.5. The van der Waals surface area contributed by atoms with Crippen molar-refractivity contribution in [3.05, 3.63) is 33.9 Å². The fraction of sp³-hybridized carbons (Fsp3) is 0.667. The second-order valence-corrected chi connectivity index (χ2v) is 8.85. The first-order valence-electron chi connectivity index (χ1n) is 10.2. The van der Waals surface area contributed by atoms with Gasteiger partial charge in [-0.15, -0.1) is 11.6 Å². The van der Waals surface area contributed by atoms with Crippen molar-refractivity contribution in [1.29, 1.82) is 0 Å². The van der Waals surface area contributed by atoms with E-state index in [0.29, 0.717) is 19.1 Å². The van der Waals surface area contributed by atoms with Gasteiger partial charge in [0.15, 0.2) is 0 Å². The molecule has 0 unspecified atom stereocenters. The van der Waals surface area contributed by atoms with E-state index in [2.05, 4.69) is 4.90 Å². The van der Waals surface area contributed by atoms with Gasteiger partial charge in [0.1, 0.15) is 5.60 Å². The molecule has 0 atom stereocenters. The van der Waals surface area contributed by atoms with Crippen LogP contribution in [0.25, 0.3) is 0 Å². The smallest absolute Gasteiger partial charge is 0.410 e. The molecule has 8 nitrogen and oxygen atoms in total. The van der Waals surface area contributed by atoms with E-state index in [1.54, 1.807) is 24.1 Å². The number of nitro groups is 1. The lowest BCUT2D eigenvalue weighted by molar-refractivity contribution is -0.384. The molecule has 0 bridgehead atoms. The SMILES string of the molecule is CN(C(=O)OC(C)(C)C)C1CCN(c2ccc([N+](=O)[O-])cc2COCCCCl)CC1. The van der Waals surface area contributed by atoms with Crippen LogP contribution in [0, 0.1) is 10.1 Å². The maximum atomic E-state index is 12.3. The maximum absolute atomic E-state index is 12.3. The Bertz CT molecular complexity index is 730. The Hall–Kier alpha value is -2.06. The second kappa shape index (κ2) is 10.8. The molecule has 1 aromatic rings. The Kier molecular flexibility index (Phi) is 8.73. The number of carbonyl (C=O) groups is 1. The number of amides is 1. The summed E-state index contributed by atoms with van der Waals surface area (Å²) >= 11 is 5.69. The van der Waals surface area contributed by atoms with E-state index in [1.807, 2.05) is 20.8 Å². The van der Waals surface area contributed by atoms with E-state index >= 15 is 0 Å². The van der Waals surface area contributed by atoms with Crippen LogP contribution in [0.1, 0.15) is 45.6 Å². The molecule has 1 heterocycles. The van der Waals surface area contributed by atoms with Crippen LogP contribution in [-0.2, 0) is 16.1 Å². The quantitative estimate of drug-likeness (QED) is 0.254. The maximum Gasteiger partial charge on any atom is 0.410 e. The molecule has 30 heavy (non-hydrogen) atoms. The molecule has 1 aliphatic rings. The molecule has 1 fully saturated rings. The number of non-ortho nitro benzene ring substituents is 1. The molecule has 9 heteroatoms. The van der Waals surface area contributed by atoms with Crippen LogP contribution in [0.15, 0.2) is 18.2 Å². The summed E-state index contributed by atoms with van der Waals surface area (Å²) < 4.78 is 11.1. The molecule has 1 saturated heterocycles. The molecule has 1 aromatic carbocycles. The van der Waals surface area contributed by atoms with Crippen molar-refractivity contribution in [2.45, 2.75) is 58.3 Å². The van der Waals surface area contributed by atoms with E-state index in [9.17, 15) is 14.9 Å². The van der Waals surface area contributed by atoms with Crippen LogP contribution >= 0.6 is 11.6 Å². The molecule has 0 aliphatic carbocycles. The van der Waals surface area contributed by atoms with Crippen molar-refractivity contribution in [2.24, 2.45) is 0 Å². The minimum Gasteiger partial charge on any atom is -0.444 e. The third-order valence-electron chi connectivity index (χ3n) is 4.99. The van der Waals surface area contributed by atoms with Gasteiger partial charge in [-0.3, -0.25) is 10.1 Å². The molecule has 168 valence electrons. The lowest BCUT2D eigenvalue weighted by Crippen LogP contribution is -2.47. The molecular weight excluding hydrogens is 410 g/mol. The third kappa shape index (κ3) is 7.02. The fourth-order valence-corrected chi connectivity index (χ4v) is 3.53. The fourth-order valence-electron chi connectivity index (χ4n) is 3.43. The first-order chi connectivity index (χ1) is 14.1. The number of hydrogen-bond acceptors (Lipinski definition) is 6. The highest BCUT2D eigenvalue weighted by Crippen LogP contribution is 2.30. The van der Waals surface area contributed by atoms with Crippen LogP contribution in [0.4, 0.5) is 16.2 Å². The number of alkyl halides is 1. The molecule has 0 saturated carbocycles. The van der Waals surface area contributed by atoms with E-state index in [-0.39, 0.29) is 17.8 Å². The van der Waals surface area contributed by atoms with Gasteiger partial charge in [-0.2, -0.15) is 0 Å². The van der Waals surface area contributed by atoms with Crippen LogP contribution in [0.2, 0.25) is 0 Å². The summed E-state index contributed by atoms with van der Waals surface area (Å²) in [6.07, 6.45) is 2.00. The van der Waals surface area contributed by atoms with Gasteiger partial charge in [0.25, 0.3) is 5.69 Å². The molecule has 0 spiro atoms. The molecule has 1 aliphatic heterocycles. The average molecular weight is 442 g/mol. The molecule has 1 amide bonds. The van der Waals surface area contributed by atoms with Gasteiger partial charge in [-0.05, 0) is 46.1 Å². The van der Waals surface area contributed by atoms with Gasteiger partial charge in [-0.1, -0.05) is 0 Å². The first-order valence-corrected chi connectivity index (χ1v) is 10.8. The standard InChI is InChI=1S/C21H32ClN3O5/c1-21(2,3)30-20(26)23(4)17-8-11-24(12-9-17)19-7-6-18(25(27)28)14-16(19)15-29-13-5-10-22/h6-7,14,17H,5,8-13,15H2,1-4H3. The lowest BCUT2D eigenvalue weighted by atomic mass is 10.0.